The molecule has 0 unspecified atom stereocenters. The summed E-state index contributed by atoms with van der Waals surface area (Å²) in [6, 6.07) is 2.39. The van der Waals surface area contributed by atoms with Crippen LogP contribution >= 0.6 is 0 Å². The Bertz CT molecular complexity index is 539. The summed E-state index contributed by atoms with van der Waals surface area (Å²) in [5.41, 5.74) is 0.602. The Balaban J connectivity index is 2.41. The van der Waals surface area contributed by atoms with Crippen LogP contribution in [-0.2, 0) is 0 Å². The summed E-state index contributed by atoms with van der Waals surface area (Å²) in [5.74, 6) is 0.803. The summed E-state index contributed by atoms with van der Waals surface area (Å²) in [7, 11) is 0. The molecule has 0 aliphatic carbocycles. The maximum absolute atomic E-state index is 8.68. The number of nitrogens with zero attached hydrogens (tertiary/aromatic N) is 7. The lowest BCUT2D eigenvalue weighted by Crippen LogP contribution is -2.33. The highest BCUT2D eigenvalue weighted by atomic mass is 15.5. The molecule has 0 fully saturated rings. The van der Waals surface area contributed by atoms with Crippen molar-refractivity contribution < 1.29 is 0 Å². The van der Waals surface area contributed by atoms with E-state index in [1.165, 1.54) is 0 Å². The second kappa shape index (κ2) is 4.74. The van der Waals surface area contributed by atoms with Gasteiger partial charge >= 0.3 is 0 Å². The van der Waals surface area contributed by atoms with Crippen LogP contribution in [0.15, 0.2) is 12.4 Å². The Hall–Kier alpha value is -2.23. The van der Waals surface area contributed by atoms with E-state index in [1.54, 1.807) is 16.9 Å². The largest absolute Gasteiger partial charge is 0.352 e. The number of tetrazole rings is 1. The van der Waals surface area contributed by atoms with Crippen LogP contribution in [0.5, 0.6) is 0 Å². The highest BCUT2D eigenvalue weighted by Gasteiger charge is 2.15. The van der Waals surface area contributed by atoms with Gasteiger partial charge in [0.05, 0.1) is 24.9 Å². The van der Waals surface area contributed by atoms with E-state index in [0.29, 0.717) is 18.6 Å². The molecule has 0 atom stereocenters. The normalized spacial score (nSPS) is 10.7. The lowest BCUT2D eigenvalue weighted by atomic mass is 10.3. The SMILES string of the molecule is CC(C)N(CCC#N)c1cncc2nnnn12. The van der Waals surface area contributed by atoms with Gasteiger partial charge in [0.15, 0.2) is 11.5 Å². The molecule has 0 spiro atoms. The minimum atomic E-state index is 0.250. The molecule has 88 valence electrons. The fourth-order valence-corrected chi connectivity index (χ4v) is 1.67. The van der Waals surface area contributed by atoms with Gasteiger partial charge in [-0.1, -0.05) is 0 Å². The molecule has 0 aliphatic rings. The van der Waals surface area contributed by atoms with Gasteiger partial charge in [-0.15, -0.1) is 5.10 Å². The maximum Gasteiger partial charge on any atom is 0.199 e. The smallest absolute Gasteiger partial charge is 0.199 e. The maximum atomic E-state index is 8.68. The van der Waals surface area contributed by atoms with Gasteiger partial charge in [-0.2, -0.15) is 9.78 Å². The van der Waals surface area contributed by atoms with Crippen LogP contribution in [0.25, 0.3) is 5.65 Å². The predicted molar refractivity (Wildman–Crippen MR) is 61.3 cm³/mol. The zero-order valence-corrected chi connectivity index (χ0v) is 9.78. The van der Waals surface area contributed by atoms with Gasteiger partial charge in [0.25, 0.3) is 0 Å². The molecule has 0 bridgehead atoms. The van der Waals surface area contributed by atoms with Crippen molar-refractivity contribution in [2.45, 2.75) is 26.3 Å². The van der Waals surface area contributed by atoms with Gasteiger partial charge in [-0.05, 0) is 24.3 Å². The standard InChI is InChI=1S/C10H13N7/c1-8(2)16(5-3-4-11)10-7-12-6-9-13-14-15-17(9)10/h6-8H,3,5H2,1-2H3. The fraction of sp³-hybridized carbons (Fsp3) is 0.500. The van der Waals surface area contributed by atoms with E-state index in [4.69, 9.17) is 5.26 Å². The van der Waals surface area contributed by atoms with Crippen molar-refractivity contribution in [3.8, 4) is 6.07 Å². The van der Waals surface area contributed by atoms with Crippen LogP contribution in [0.4, 0.5) is 5.82 Å². The Morgan fingerprint density at radius 2 is 2.29 bits per heavy atom. The van der Waals surface area contributed by atoms with Crippen molar-refractivity contribution in [1.82, 2.24) is 25.0 Å². The van der Waals surface area contributed by atoms with Crippen molar-refractivity contribution in [1.29, 1.82) is 5.26 Å². The Kier molecular flexibility index (Phi) is 3.14. The van der Waals surface area contributed by atoms with Gasteiger partial charge < -0.3 is 4.90 Å². The highest BCUT2D eigenvalue weighted by Crippen LogP contribution is 2.16. The van der Waals surface area contributed by atoms with Crippen molar-refractivity contribution >= 4 is 11.5 Å². The predicted octanol–water partition coefficient (Wildman–Crippen LogP) is 0.648. The first kappa shape index (κ1) is 11.3. The lowest BCUT2D eigenvalue weighted by molar-refractivity contribution is 0.656. The second-order valence-electron chi connectivity index (χ2n) is 3.91. The van der Waals surface area contributed by atoms with E-state index >= 15 is 0 Å². The third kappa shape index (κ3) is 2.15. The molecule has 0 saturated heterocycles. The van der Waals surface area contributed by atoms with Crippen LogP contribution in [0, 0.1) is 11.3 Å². The minimum Gasteiger partial charge on any atom is -0.352 e. The Morgan fingerprint density at radius 3 is 3.00 bits per heavy atom. The van der Waals surface area contributed by atoms with Crippen molar-refractivity contribution in [2.24, 2.45) is 0 Å². The van der Waals surface area contributed by atoms with E-state index in [0.717, 1.165) is 5.82 Å². The molecule has 0 amide bonds. The van der Waals surface area contributed by atoms with Crippen LogP contribution in [-0.4, -0.2) is 37.6 Å². The molecule has 7 heteroatoms. The molecule has 7 nitrogen and oxygen atoms in total. The van der Waals surface area contributed by atoms with E-state index in [2.05, 4.69) is 45.3 Å². The van der Waals surface area contributed by atoms with E-state index in [-0.39, 0.29) is 6.04 Å². The first-order chi connectivity index (χ1) is 8.24. The number of hydrogen-bond donors (Lipinski definition) is 0. The average molecular weight is 231 g/mol. The zero-order chi connectivity index (χ0) is 12.3. The van der Waals surface area contributed by atoms with Crippen molar-refractivity contribution in [3.63, 3.8) is 0 Å². The molecule has 2 heterocycles. The van der Waals surface area contributed by atoms with E-state index in [1.807, 2.05) is 0 Å². The third-order valence-corrected chi connectivity index (χ3v) is 2.47. The highest BCUT2D eigenvalue weighted by molar-refractivity contribution is 5.46. The van der Waals surface area contributed by atoms with Crippen LogP contribution in [0.1, 0.15) is 20.3 Å². The monoisotopic (exact) mass is 231 g/mol. The molecular weight excluding hydrogens is 218 g/mol. The molecule has 0 radical (unpaired) electrons. The summed E-state index contributed by atoms with van der Waals surface area (Å²) < 4.78 is 1.63. The first-order valence-electron chi connectivity index (χ1n) is 5.39. The molecule has 2 aromatic heterocycles. The number of anilines is 1. The summed E-state index contributed by atoms with van der Waals surface area (Å²) in [6.45, 7) is 4.75. The number of aromatic nitrogens is 5. The number of rotatable bonds is 4. The van der Waals surface area contributed by atoms with Gasteiger partial charge in [-0.25, -0.2) is 0 Å². The summed E-state index contributed by atoms with van der Waals surface area (Å²) in [4.78, 5) is 6.16. The lowest BCUT2D eigenvalue weighted by Gasteiger charge is -2.27. The van der Waals surface area contributed by atoms with Gasteiger partial charge in [-0.3, -0.25) is 4.98 Å². The number of fused-ring (bicyclic) bond motifs is 1. The fourth-order valence-electron chi connectivity index (χ4n) is 1.67. The molecule has 2 rings (SSSR count). The third-order valence-electron chi connectivity index (χ3n) is 2.47. The zero-order valence-electron chi connectivity index (χ0n) is 9.78. The second-order valence-corrected chi connectivity index (χ2v) is 3.91. The Morgan fingerprint density at radius 1 is 1.47 bits per heavy atom. The van der Waals surface area contributed by atoms with Crippen molar-refractivity contribution in [2.75, 3.05) is 11.4 Å². The van der Waals surface area contributed by atoms with Gasteiger partial charge in [0.1, 0.15) is 0 Å². The molecule has 0 N–H and O–H groups in total. The van der Waals surface area contributed by atoms with Crippen LogP contribution < -0.4 is 4.90 Å². The van der Waals surface area contributed by atoms with E-state index in [9.17, 15) is 0 Å². The first-order valence-corrected chi connectivity index (χ1v) is 5.39. The molecule has 0 aliphatic heterocycles. The molecular formula is C10H13N7. The summed E-state index contributed by atoms with van der Waals surface area (Å²) in [5, 5.41) is 20.1. The summed E-state index contributed by atoms with van der Waals surface area (Å²) in [6.07, 6.45) is 3.77. The molecule has 2 aromatic rings. The minimum absolute atomic E-state index is 0.250. The molecule has 0 saturated carbocycles. The quantitative estimate of drug-likeness (QED) is 0.768. The number of nitriles is 1. The Labute approximate surface area is 98.7 Å². The molecule has 0 aromatic carbocycles. The topological polar surface area (TPSA) is 83.0 Å². The van der Waals surface area contributed by atoms with Crippen LogP contribution in [0.2, 0.25) is 0 Å². The number of hydrogen-bond acceptors (Lipinski definition) is 6. The average Bonchev–Trinajstić information content (AvgIpc) is 2.77. The summed E-state index contributed by atoms with van der Waals surface area (Å²) >= 11 is 0. The van der Waals surface area contributed by atoms with Gasteiger partial charge in [0.2, 0.25) is 0 Å². The van der Waals surface area contributed by atoms with E-state index < -0.39 is 0 Å². The van der Waals surface area contributed by atoms with Crippen LogP contribution in [0.3, 0.4) is 0 Å². The molecule has 17 heavy (non-hydrogen) atoms. The van der Waals surface area contributed by atoms with Gasteiger partial charge in [0, 0.05) is 12.6 Å². The van der Waals surface area contributed by atoms with Crippen molar-refractivity contribution in [3.05, 3.63) is 12.4 Å².